The smallest absolute Gasteiger partial charge is 0.295 e. The Morgan fingerprint density at radius 1 is 0.595 bits per heavy atom. The van der Waals surface area contributed by atoms with Crippen LogP contribution in [0.1, 0.15) is 6.92 Å². The molecule has 0 N–H and O–H groups in total. The third kappa shape index (κ3) is 26.6. The van der Waals surface area contributed by atoms with Gasteiger partial charge in [-0.1, -0.05) is 17.2 Å². The molecule has 0 unspecified atom stereocenters. The van der Waals surface area contributed by atoms with Crippen molar-refractivity contribution in [1.82, 2.24) is 0 Å². The Bertz CT molecular complexity index is 583. The maximum absolute atomic E-state index is 10.1. The van der Waals surface area contributed by atoms with E-state index in [0.29, 0.717) is 112 Å². The zero-order valence-electron chi connectivity index (χ0n) is 21.6. The van der Waals surface area contributed by atoms with Crippen molar-refractivity contribution in [3.8, 4) is 0 Å². The lowest BCUT2D eigenvalue weighted by Gasteiger charge is -2.29. The van der Waals surface area contributed by atoms with Crippen molar-refractivity contribution < 1.29 is 47.4 Å². The standard InChI is InChI=1S/C21H40N6O10/c1-21(18-35-14-15-36-20-37-19-28,16-33-12-10-31-8-6-29-4-2-24-26-22)17-34-13-11-32-9-7-30-5-3-25-27-23/h19H,2-18,20H2,1H3. The second-order valence-electron chi connectivity index (χ2n) is 7.62. The van der Waals surface area contributed by atoms with Crippen molar-refractivity contribution in [2.45, 2.75) is 6.92 Å². The zero-order valence-corrected chi connectivity index (χ0v) is 21.6. The highest BCUT2D eigenvalue weighted by Crippen LogP contribution is 2.18. The molecule has 0 radical (unpaired) electrons. The molecule has 16 heteroatoms. The van der Waals surface area contributed by atoms with Crippen molar-refractivity contribution in [2.24, 2.45) is 15.6 Å². The van der Waals surface area contributed by atoms with E-state index in [1.165, 1.54) is 0 Å². The van der Waals surface area contributed by atoms with Crippen LogP contribution in [0, 0.1) is 5.41 Å². The fourth-order valence-corrected chi connectivity index (χ4v) is 2.51. The van der Waals surface area contributed by atoms with Gasteiger partial charge in [-0.15, -0.1) is 0 Å². The molecular formula is C21H40N6O10. The van der Waals surface area contributed by atoms with Crippen molar-refractivity contribution in [2.75, 3.05) is 119 Å². The van der Waals surface area contributed by atoms with Gasteiger partial charge in [-0.2, -0.15) is 0 Å². The van der Waals surface area contributed by atoms with E-state index in [1.807, 2.05) is 6.92 Å². The average Bonchev–Trinajstić information content (AvgIpc) is 2.90. The fraction of sp³-hybridized carbons (Fsp3) is 0.952. The lowest BCUT2D eigenvalue weighted by Crippen LogP contribution is -2.35. The highest BCUT2D eigenvalue weighted by molar-refractivity contribution is 5.36. The van der Waals surface area contributed by atoms with Gasteiger partial charge in [0.15, 0.2) is 6.79 Å². The van der Waals surface area contributed by atoms with Crippen molar-refractivity contribution in [3.05, 3.63) is 20.9 Å². The van der Waals surface area contributed by atoms with E-state index in [2.05, 4.69) is 24.8 Å². The Morgan fingerprint density at radius 3 is 1.32 bits per heavy atom. The van der Waals surface area contributed by atoms with Gasteiger partial charge in [0.2, 0.25) is 0 Å². The van der Waals surface area contributed by atoms with Crippen LogP contribution in [0.25, 0.3) is 20.9 Å². The summed E-state index contributed by atoms with van der Waals surface area (Å²) >= 11 is 0. The van der Waals surface area contributed by atoms with Gasteiger partial charge >= 0.3 is 0 Å². The van der Waals surface area contributed by atoms with Crippen LogP contribution in [0.5, 0.6) is 0 Å². The number of ether oxygens (including phenoxy) is 9. The van der Waals surface area contributed by atoms with Gasteiger partial charge < -0.3 is 42.6 Å². The maximum Gasteiger partial charge on any atom is 0.295 e. The first kappa shape index (κ1) is 34.8. The minimum absolute atomic E-state index is 0.117. The van der Waals surface area contributed by atoms with E-state index in [-0.39, 0.29) is 13.4 Å². The molecule has 0 atom stereocenters. The topological polar surface area (TPSA) is 198 Å². The summed E-state index contributed by atoms with van der Waals surface area (Å²) in [7, 11) is 0. The van der Waals surface area contributed by atoms with Crippen molar-refractivity contribution in [1.29, 1.82) is 0 Å². The molecule has 0 rings (SSSR count). The summed E-state index contributed by atoms with van der Waals surface area (Å²) in [6.45, 7) is 8.45. The number of hydrogen-bond donors (Lipinski definition) is 0. The second-order valence-corrected chi connectivity index (χ2v) is 7.62. The number of hydrogen-bond acceptors (Lipinski definition) is 12. The Hall–Kier alpha value is -2.23. The summed E-state index contributed by atoms with van der Waals surface area (Å²) in [6.07, 6.45) is 0. The van der Waals surface area contributed by atoms with Crippen LogP contribution >= 0.6 is 0 Å². The third-order valence-electron chi connectivity index (χ3n) is 4.23. The highest BCUT2D eigenvalue weighted by atomic mass is 16.7. The van der Waals surface area contributed by atoms with Crippen molar-refractivity contribution in [3.63, 3.8) is 0 Å². The monoisotopic (exact) mass is 536 g/mol. The molecule has 0 aromatic rings. The Balaban J connectivity index is 4.06. The molecule has 0 amide bonds. The highest BCUT2D eigenvalue weighted by Gasteiger charge is 2.26. The molecule has 0 saturated carbocycles. The van der Waals surface area contributed by atoms with Crippen LogP contribution < -0.4 is 0 Å². The Morgan fingerprint density at radius 2 is 0.946 bits per heavy atom. The summed E-state index contributed by atoms with van der Waals surface area (Å²) in [4.78, 5) is 15.4. The number of azide groups is 2. The fourth-order valence-electron chi connectivity index (χ4n) is 2.51. The summed E-state index contributed by atoms with van der Waals surface area (Å²) in [6, 6.07) is 0. The Kier molecular flexibility index (Phi) is 26.6. The quantitative estimate of drug-likeness (QED) is 0.0326. The van der Waals surface area contributed by atoms with E-state index in [0.717, 1.165) is 0 Å². The number of carbonyl (C=O) groups is 1. The van der Waals surface area contributed by atoms with E-state index in [4.69, 9.17) is 49.0 Å². The molecule has 0 fully saturated rings. The van der Waals surface area contributed by atoms with Gasteiger partial charge in [0.05, 0.1) is 99.1 Å². The minimum atomic E-state index is -0.423. The number of carbonyl (C=O) groups excluding carboxylic acids is 1. The first-order valence-electron chi connectivity index (χ1n) is 11.9. The van der Waals surface area contributed by atoms with E-state index in [1.54, 1.807) is 0 Å². The molecule has 0 saturated heterocycles. The minimum Gasteiger partial charge on any atom is -0.441 e. The normalized spacial score (nSPS) is 12.4. The SMILES string of the molecule is CC(COCCOCCOCCN=[N+]=[N-])(COCCOCCOCCN=[N+]=[N-])COCCOCOC=O. The van der Waals surface area contributed by atoms with Crippen LogP contribution in [0.4, 0.5) is 0 Å². The van der Waals surface area contributed by atoms with Gasteiger partial charge in [-0.3, -0.25) is 4.79 Å². The van der Waals surface area contributed by atoms with Gasteiger partial charge in [-0.05, 0) is 11.1 Å². The van der Waals surface area contributed by atoms with Gasteiger partial charge in [0.1, 0.15) is 0 Å². The number of nitrogens with zero attached hydrogens (tertiary/aromatic N) is 6. The molecule has 214 valence electrons. The van der Waals surface area contributed by atoms with E-state index < -0.39 is 5.41 Å². The second kappa shape index (κ2) is 28.3. The molecule has 16 nitrogen and oxygen atoms in total. The van der Waals surface area contributed by atoms with Gasteiger partial charge in [0.25, 0.3) is 6.47 Å². The Labute approximate surface area is 216 Å². The zero-order chi connectivity index (χ0) is 27.1. The summed E-state index contributed by atoms with van der Waals surface area (Å²) in [5, 5.41) is 6.75. The molecule has 0 spiro atoms. The van der Waals surface area contributed by atoms with Gasteiger partial charge in [0, 0.05) is 28.3 Å². The summed E-state index contributed by atoms with van der Waals surface area (Å²) in [5.41, 5.74) is 15.9. The molecule has 37 heavy (non-hydrogen) atoms. The lowest BCUT2D eigenvalue weighted by molar-refractivity contribution is -0.142. The van der Waals surface area contributed by atoms with Crippen LogP contribution in [-0.4, -0.2) is 125 Å². The molecule has 0 aliphatic carbocycles. The average molecular weight is 537 g/mol. The van der Waals surface area contributed by atoms with E-state index in [9.17, 15) is 4.79 Å². The number of rotatable bonds is 30. The van der Waals surface area contributed by atoms with Crippen LogP contribution in [0.15, 0.2) is 10.2 Å². The van der Waals surface area contributed by atoms with Crippen LogP contribution in [0.3, 0.4) is 0 Å². The molecule has 0 aromatic carbocycles. The molecule has 0 aliphatic heterocycles. The first-order chi connectivity index (χ1) is 18.2. The summed E-state index contributed by atoms with van der Waals surface area (Å²) < 4.78 is 48.2. The largest absolute Gasteiger partial charge is 0.441 e. The maximum atomic E-state index is 10.1. The van der Waals surface area contributed by atoms with Crippen molar-refractivity contribution >= 4 is 6.47 Å². The first-order valence-corrected chi connectivity index (χ1v) is 11.9. The molecule has 0 aromatic heterocycles. The van der Waals surface area contributed by atoms with E-state index >= 15 is 0 Å². The predicted octanol–water partition coefficient (Wildman–Crippen LogP) is 1.88. The lowest BCUT2D eigenvalue weighted by atomic mass is 9.94. The predicted molar refractivity (Wildman–Crippen MR) is 130 cm³/mol. The molecular weight excluding hydrogens is 496 g/mol. The van der Waals surface area contributed by atoms with Crippen LogP contribution in [0.2, 0.25) is 0 Å². The molecule has 0 heterocycles. The summed E-state index contributed by atoms with van der Waals surface area (Å²) in [5.74, 6) is 0. The van der Waals surface area contributed by atoms with Crippen LogP contribution in [-0.2, 0) is 47.4 Å². The molecule has 0 aliphatic rings. The third-order valence-corrected chi connectivity index (χ3v) is 4.23. The molecule has 0 bridgehead atoms. The van der Waals surface area contributed by atoms with Gasteiger partial charge in [-0.25, -0.2) is 0 Å².